The average Bonchev–Trinajstić information content (AvgIpc) is 2.28. The smallest absolute Gasteiger partial charge is 0.224 e. The van der Waals surface area contributed by atoms with Crippen LogP contribution in [0.5, 0.6) is 0 Å². The Morgan fingerprint density at radius 1 is 1.56 bits per heavy atom. The Morgan fingerprint density at radius 3 is 2.83 bits per heavy atom. The van der Waals surface area contributed by atoms with Gasteiger partial charge >= 0.3 is 0 Å². The number of halogens is 1. The number of rotatable bonds is 6. The van der Waals surface area contributed by atoms with Crippen molar-refractivity contribution in [1.82, 2.24) is 5.32 Å². The second-order valence-electron chi connectivity index (χ2n) is 4.12. The highest BCUT2D eigenvalue weighted by Gasteiger charge is 2.14. The first kappa shape index (κ1) is 14.6. The standard InChI is InChI=1S/C13H17FN2OS/c1-2-4-11(13(15)18)16-12(17)8-9-5-3-6-10(14)7-9/h3,5-7,11H,2,4,8H2,1H3,(H2,15,18)(H,16,17). The summed E-state index contributed by atoms with van der Waals surface area (Å²) in [7, 11) is 0. The van der Waals surface area contributed by atoms with E-state index in [1.54, 1.807) is 12.1 Å². The monoisotopic (exact) mass is 268 g/mol. The normalized spacial score (nSPS) is 11.9. The van der Waals surface area contributed by atoms with Crippen molar-refractivity contribution in [2.75, 3.05) is 0 Å². The van der Waals surface area contributed by atoms with Crippen LogP contribution in [0.25, 0.3) is 0 Å². The molecule has 0 spiro atoms. The quantitative estimate of drug-likeness (QED) is 0.775. The SMILES string of the molecule is CCCC(NC(=O)Cc1cccc(F)c1)C(N)=S. The Kier molecular flexibility index (Phi) is 5.71. The molecule has 0 saturated carbocycles. The highest BCUT2D eigenvalue weighted by molar-refractivity contribution is 7.80. The van der Waals surface area contributed by atoms with Crippen molar-refractivity contribution in [3.05, 3.63) is 35.6 Å². The molecule has 0 fully saturated rings. The van der Waals surface area contributed by atoms with Crippen LogP contribution >= 0.6 is 12.2 Å². The van der Waals surface area contributed by atoms with Gasteiger partial charge in [0, 0.05) is 0 Å². The topological polar surface area (TPSA) is 55.1 Å². The van der Waals surface area contributed by atoms with Gasteiger partial charge in [-0.3, -0.25) is 4.79 Å². The van der Waals surface area contributed by atoms with Gasteiger partial charge < -0.3 is 11.1 Å². The van der Waals surface area contributed by atoms with Crippen molar-refractivity contribution in [2.45, 2.75) is 32.2 Å². The predicted octanol–water partition coefficient (Wildman–Crippen LogP) is 1.94. The first-order valence-electron chi connectivity index (χ1n) is 5.86. The number of benzene rings is 1. The molecule has 0 heterocycles. The molecule has 0 radical (unpaired) electrons. The Labute approximate surface area is 112 Å². The van der Waals surface area contributed by atoms with Crippen LogP contribution in [0.15, 0.2) is 24.3 Å². The van der Waals surface area contributed by atoms with Crippen LogP contribution < -0.4 is 11.1 Å². The fourth-order valence-electron chi connectivity index (χ4n) is 1.65. The lowest BCUT2D eigenvalue weighted by Gasteiger charge is -2.16. The van der Waals surface area contributed by atoms with Crippen LogP contribution in [-0.2, 0) is 11.2 Å². The molecule has 3 N–H and O–H groups in total. The van der Waals surface area contributed by atoms with Crippen molar-refractivity contribution in [3.8, 4) is 0 Å². The third kappa shape index (κ3) is 4.79. The summed E-state index contributed by atoms with van der Waals surface area (Å²) < 4.78 is 13.0. The van der Waals surface area contributed by atoms with Crippen LogP contribution in [0.4, 0.5) is 4.39 Å². The van der Waals surface area contributed by atoms with Crippen molar-refractivity contribution in [3.63, 3.8) is 0 Å². The van der Waals surface area contributed by atoms with E-state index in [9.17, 15) is 9.18 Å². The zero-order valence-corrected chi connectivity index (χ0v) is 11.1. The summed E-state index contributed by atoms with van der Waals surface area (Å²) in [5, 5.41) is 2.76. The van der Waals surface area contributed by atoms with E-state index in [4.69, 9.17) is 18.0 Å². The minimum absolute atomic E-state index is 0.126. The van der Waals surface area contributed by atoms with E-state index in [1.807, 2.05) is 6.92 Å². The van der Waals surface area contributed by atoms with Crippen LogP contribution in [0, 0.1) is 5.82 Å². The van der Waals surface area contributed by atoms with Crippen molar-refractivity contribution < 1.29 is 9.18 Å². The van der Waals surface area contributed by atoms with E-state index in [2.05, 4.69) is 5.32 Å². The van der Waals surface area contributed by atoms with Crippen molar-refractivity contribution in [2.24, 2.45) is 5.73 Å². The molecule has 1 aromatic carbocycles. The van der Waals surface area contributed by atoms with Crippen molar-refractivity contribution >= 4 is 23.1 Å². The molecule has 1 amide bonds. The maximum absolute atomic E-state index is 13.0. The summed E-state index contributed by atoms with van der Waals surface area (Å²) in [5.74, 6) is -0.549. The molecule has 1 aromatic rings. The Balaban J connectivity index is 2.57. The van der Waals surface area contributed by atoms with Gasteiger partial charge in [-0.15, -0.1) is 0 Å². The predicted molar refractivity (Wildman–Crippen MR) is 73.7 cm³/mol. The van der Waals surface area contributed by atoms with Gasteiger partial charge in [-0.2, -0.15) is 0 Å². The molecule has 0 aliphatic carbocycles. The van der Waals surface area contributed by atoms with Crippen LogP contribution in [-0.4, -0.2) is 16.9 Å². The maximum Gasteiger partial charge on any atom is 0.224 e. The number of hydrogen-bond donors (Lipinski definition) is 2. The molecule has 5 heteroatoms. The molecule has 0 aromatic heterocycles. The van der Waals surface area contributed by atoms with E-state index >= 15 is 0 Å². The Hall–Kier alpha value is -1.49. The molecule has 1 unspecified atom stereocenters. The molecule has 0 saturated heterocycles. The summed E-state index contributed by atoms with van der Waals surface area (Å²) >= 11 is 4.89. The van der Waals surface area contributed by atoms with Gasteiger partial charge in [0.15, 0.2) is 0 Å². The van der Waals surface area contributed by atoms with E-state index in [-0.39, 0.29) is 29.2 Å². The molecule has 1 atom stereocenters. The third-order valence-corrected chi connectivity index (χ3v) is 2.79. The summed E-state index contributed by atoms with van der Waals surface area (Å²) in [6, 6.07) is 5.68. The van der Waals surface area contributed by atoms with Gasteiger partial charge in [0.2, 0.25) is 5.91 Å². The average molecular weight is 268 g/mol. The first-order valence-corrected chi connectivity index (χ1v) is 6.27. The van der Waals surface area contributed by atoms with Gasteiger partial charge in [0.05, 0.1) is 17.5 Å². The third-order valence-electron chi connectivity index (χ3n) is 2.51. The molecule has 98 valence electrons. The summed E-state index contributed by atoms with van der Waals surface area (Å²) in [5.41, 5.74) is 6.18. The fourth-order valence-corrected chi connectivity index (χ4v) is 1.83. The molecular weight excluding hydrogens is 251 g/mol. The van der Waals surface area contributed by atoms with Gasteiger partial charge in [0.25, 0.3) is 0 Å². The number of carbonyl (C=O) groups excluding carboxylic acids is 1. The van der Waals surface area contributed by atoms with E-state index in [0.29, 0.717) is 12.0 Å². The lowest BCUT2D eigenvalue weighted by molar-refractivity contribution is -0.120. The van der Waals surface area contributed by atoms with E-state index in [0.717, 1.165) is 6.42 Å². The minimum Gasteiger partial charge on any atom is -0.392 e. The molecule has 0 aliphatic rings. The second-order valence-corrected chi connectivity index (χ2v) is 4.59. The first-order chi connectivity index (χ1) is 8.52. The zero-order chi connectivity index (χ0) is 13.5. The second kappa shape index (κ2) is 7.06. The summed E-state index contributed by atoms with van der Waals surface area (Å²) in [4.78, 5) is 12.0. The highest BCUT2D eigenvalue weighted by atomic mass is 32.1. The number of amides is 1. The lowest BCUT2D eigenvalue weighted by atomic mass is 10.1. The molecule has 1 rings (SSSR count). The molecule has 3 nitrogen and oxygen atoms in total. The number of thiocarbonyl (C=S) groups is 1. The van der Waals surface area contributed by atoms with Crippen LogP contribution in [0.2, 0.25) is 0 Å². The zero-order valence-electron chi connectivity index (χ0n) is 10.3. The van der Waals surface area contributed by atoms with Gasteiger partial charge in [-0.25, -0.2) is 4.39 Å². The molecule has 0 bridgehead atoms. The lowest BCUT2D eigenvalue weighted by Crippen LogP contribution is -2.43. The minimum atomic E-state index is -0.347. The van der Waals surface area contributed by atoms with Gasteiger partial charge in [0.1, 0.15) is 5.82 Å². The Bertz CT molecular complexity index is 437. The molecular formula is C13H17FN2OS. The van der Waals surface area contributed by atoms with Gasteiger partial charge in [-0.1, -0.05) is 37.7 Å². The fraction of sp³-hybridized carbons (Fsp3) is 0.385. The molecule has 18 heavy (non-hydrogen) atoms. The number of nitrogens with one attached hydrogen (secondary N) is 1. The van der Waals surface area contributed by atoms with Crippen LogP contribution in [0.3, 0.4) is 0 Å². The maximum atomic E-state index is 13.0. The van der Waals surface area contributed by atoms with E-state index in [1.165, 1.54) is 12.1 Å². The summed E-state index contributed by atoms with van der Waals surface area (Å²) in [6.07, 6.45) is 1.72. The molecule has 0 aliphatic heterocycles. The van der Waals surface area contributed by atoms with Crippen LogP contribution in [0.1, 0.15) is 25.3 Å². The number of carbonyl (C=O) groups is 1. The van der Waals surface area contributed by atoms with E-state index < -0.39 is 0 Å². The van der Waals surface area contributed by atoms with Gasteiger partial charge in [-0.05, 0) is 24.1 Å². The largest absolute Gasteiger partial charge is 0.392 e. The Morgan fingerprint density at radius 2 is 2.28 bits per heavy atom. The highest BCUT2D eigenvalue weighted by Crippen LogP contribution is 2.05. The van der Waals surface area contributed by atoms with Crippen molar-refractivity contribution in [1.29, 1.82) is 0 Å². The number of hydrogen-bond acceptors (Lipinski definition) is 2. The number of nitrogens with two attached hydrogens (primary N) is 1. The summed E-state index contributed by atoms with van der Waals surface area (Å²) in [6.45, 7) is 1.99.